The van der Waals surface area contributed by atoms with Crippen LogP contribution in [0.25, 0.3) is 11.8 Å². The lowest BCUT2D eigenvalue weighted by atomic mass is 10.1. The molecular formula is C21H20N4OS. The minimum atomic E-state index is -0.359. The number of fused-ring (bicyclic) bond motifs is 1. The predicted octanol–water partition coefficient (Wildman–Crippen LogP) is 4.57. The van der Waals surface area contributed by atoms with Gasteiger partial charge in [0.15, 0.2) is 5.17 Å². The molecule has 2 aliphatic rings. The van der Waals surface area contributed by atoms with E-state index in [0.717, 1.165) is 27.5 Å². The van der Waals surface area contributed by atoms with Crippen LogP contribution in [-0.2, 0) is 4.79 Å². The van der Waals surface area contributed by atoms with Crippen molar-refractivity contribution in [3.05, 3.63) is 69.5 Å². The van der Waals surface area contributed by atoms with Gasteiger partial charge in [-0.25, -0.2) is 0 Å². The molecule has 0 bridgehead atoms. The number of benzene rings is 1. The predicted molar refractivity (Wildman–Crippen MR) is 111 cm³/mol. The zero-order valence-electron chi connectivity index (χ0n) is 15.7. The first-order valence-corrected chi connectivity index (χ1v) is 9.52. The summed E-state index contributed by atoms with van der Waals surface area (Å²) in [5, 5.41) is 9.01. The van der Waals surface area contributed by atoms with Crippen LogP contribution < -0.4 is 0 Å². The third-order valence-corrected chi connectivity index (χ3v) is 5.65. The van der Waals surface area contributed by atoms with E-state index in [4.69, 9.17) is 5.41 Å². The summed E-state index contributed by atoms with van der Waals surface area (Å²) in [4.78, 5) is 19.3. The Bertz CT molecular complexity index is 1070. The van der Waals surface area contributed by atoms with Crippen molar-refractivity contribution < 1.29 is 4.79 Å². The number of hydrogen-bond donors (Lipinski definition) is 1. The lowest BCUT2D eigenvalue weighted by Gasteiger charge is -2.22. The summed E-state index contributed by atoms with van der Waals surface area (Å²) in [6, 6.07) is 10.4. The van der Waals surface area contributed by atoms with Crippen LogP contribution in [-0.4, -0.2) is 26.4 Å². The molecule has 1 N–H and O–H groups in total. The molecule has 0 aliphatic carbocycles. The van der Waals surface area contributed by atoms with Crippen molar-refractivity contribution in [2.24, 2.45) is 4.99 Å². The number of aromatic nitrogens is 1. The fourth-order valence-electron chi connectivity index (χ4n) is 3.38. The zero-order valence-corrected chi connectivity index (χ0v) is 16.5. The maximum Gasteiger partial charge on any atom is 0.283 e. The number of amidine groups is 2. The number of nitrogens with zero attached hydrogens (tertiary/aromatic N) is 3. The molecule has 0 radical (unpaired) electrons. The molecule has 2 aliphatic heterocycles. The van der Waals surface area contributed by atoms with Crippen LogP contribution in [0.4, 0.5) is 0 Å². The van der Waals surface area contributed by atoms with E-state index in [1.165, 1.54) is 17.3 Å². The quantitative estimate of drug-likeness (QED) is 0.781. The summed E-state index contributed by atoms with van der Waals surface area (Å²) in [6.07, 6.45) is 3.63. The molecule has 2 aromatic rings. The number of allylic oxidation sites excluding steroid dienone is 1. The second kappa shape index (κ2) is 6.39. The summed E-state index contributed by atoms with van der Waals surface area (Å²) in [5.74, 6) is -0.184. The van der Waals surface area contributed by atoms with Gasteiger partial charge in [-0.05, 0) is 57.5 Å². The van der Waals surface area contributed by atoms with Gasteiger partial charge < -0.3 is 4.57 Å². The van der Waals surface area contributed by atoms with Crippen LogP contribution in [0, 0.1) is 26.2 Å². The van der Waals surface area contributed by atoms with Crippen LogP contribution in [0.5, 0.6) is 0 Å². The van der Waals surface area contributed by atoms with Crippen LogP contribution >= 0.6 is 11.8 Å². The van der Waals surface area contributed by atoms with Crippen molar-refractivity contribution in [2.45, 2.75) is 27.7 Å². The molecule has 5 nitrogen and oxygen atoms in total. The van der Waals surface area contributed by atoms with E-state index in [0.29, 0.717) is 10.7 Å². The topological polar surface area (TPSA) is 61.5 Å². The molecule has 1 aromatic heterocycles. The van der Waals surface area contributed by atoms with Gasteiger partial charge in [0.2, 0.25) is 0 Å². The fourth-order valence-corrected chi connectivity index (χ4v) is 4.20. The molecule has 27 heavy (non-hydrogen) atoms. The van der Waals surface area contributed by atoms with Gasteiger partial charge in [-0.2, -0.15) is 4.99 Å². The number of thioether (sulfide) groups is 1. The first kappa shape index (κ1) is 17.5. The number of rotatable bonds is 2. The van der Waals surface area contributed by atoms with E-state index in [1.807, 2.05) is 33.0 Å². The van der Waals surface area contributed by atoms with E-state index < -0.39 is 0 Å². The third-order valence-electron chi connectivity index (χ3n) is 4.76. The molecule has 0 atom stereocenters. The number of hydrogen-bond acceptors (Lipinski definition) is 3. The van der Waals surface area contributed by atoms with Gasteiger partial charge in [0.05, 0.1) is 5.57 Å². The Hall–Kier alpha value is -2.86. The SMILES string of the molecule is CC1=CN2C(=N)/C(=C/c3cc(C)n(-c4ccc(C)cc4)c3C)C(=O)N=C2S1. The highest BCUT2D eigenvalue weighted by molar-refractivity contribution is 8.17. The van der Waals surface area contributed by atoms with Gasteiger partial charge in [-0.1, -0.05) is 29.5 Å². The number of carbonyl (C=O) groups is 1. The summed E-state index contributed by atoms with van der Waals surface area (Å²) < 4.78 is 2.16. The zero-order chi connectivity index (χ0) is 19.3. The second-order valence-electron chi connectivity index (χ2n) is 6.82. The number of nitrogens with one attached hydrogen (secondary N) is 1. The maximum absolute atomic E-state index is 12.5. The Morgan fingerprint density at radius 1 is 1.11 bits per heavy atom. The molecule has 136 valence electrons. The average Bonchev–Trinajstić information content (AvgIpc) is 3.12. The van der Waals surface area contributed by atoms with Crippen LogP contribution in [0.2, 0.25) is 0 Å². The molecule has 0 saturated carbocycles. The van der Waals surface area contributed by atoms with Gasteiger partial charge in [0.1, 0.15) is 5.84 Å². The smallest absolute Gasteiger partial charge is 0.283 e. The lowest BCUT2D eigenvalue weighted by molar-refractivity contribution is -0.114. The maximum atomic E-state index is 12.5. The van der Waals surface area contributed by atoms with E-state index in [2.05, 4.69) is 40.7 Å². The first-order valence-electron chi connectivity index (χ1n) is 8.70. The van der Waals surface area contributed by atoms with Crippen molar-refractivity contribution >= 4 is 34.7 Å². The van der Waals surface area contributed by atoms with Crippen molar-refractivity contribution in [1.29, 1.82) is 5.41 Å². The van der Waals surface area contributed by atoms with E-state index in [1.54, 1.807) is 11.0 Å². The average molecular weight is 376 g/mol. The monoisotopic (exact) mass is 376 g/mol. The largest absolute Gasteiger partial charge is 0.318 e. The highest BCUT2D eigenvalue weighted by Crippen LogP contribution is 2.33. The van der Waals surface area contributed by atoms with Crippen LogP contribution in [0.1, 0.15) is 29.4 Å². The lowest BCUT2D eigenvalue weighted by Crippen LogP contribution is -2.35. The van der Waals surface area contributed by atoms with Crippen molar-refractivity contribution in [3.63, 3.8) is 0 Å². The molecule has 6 heteroatoms. The number of carbonyl (C=O) groups excluding carboxylic acids is 1. The van der Waals surface area contributed by atoms with Gasteiger partial charge in [0, 0.05) is 28.2 Å². The van der Waals surface area contributed by atoms with Gasteiger partial charge in [-0.15, -0.1) is 0 Å². The second-order valence-corrected chi connectivity index (χ2v) is 8.03. The Labute approximate surface area is 162 Å². The Kier molecular flexibility index (Phi) is 4.15. The van der Waals surface area contributed by atoms with E-state index in [-0.39, 0.29) is 11.7 Å². The molecule has 3 heterocycles. The van der Waals surface area contributed by atoms with Crippen LogP contribution in [0.15, 0.2) is 52.0 Å². The summed E-state index contributed by atoms with van der Waals surface area (Å²) in [7, 11) is 0. The molecule has 1 aromatic carbocycles. The van der Waals surface area contributed by atoms with Crippen molar-refractivity contribution in [1.82, 2.24) is 9.47 Å². The number of amides is 1. The van der Waals surface area contributed by atoms with Gasteiger partial charge in [-0.3, -0.25) is 15.1 Å². The molecule has 0 unspecified atom stereocenters. The van der Waals surface area contributed by atoms with Crippen molar-refractivity contribution in [3.8, 4) is 5.69 Å². The fraction of sp³-hybridized carbons (Fsp3) is 0.190. The summed E-state index contributed by atoms with van der Waals surface area (Å²) in [5.41, 5.74) is 5.64. The van der Waals surface area contributed by atoms with Gasteiger partial charge >= 0.3 is 0 Å². The highest BCUT2D eigenvalue weighted by Gasteiger charge is 2.33. The summed E-state index contributed by atoms with van der Waals surface area (Å²) in [6.45, 7) is 8.09. The first-order chi connectivity index (χ1) is 12.8. The molecule has 0 saturated heterocycles. The Morgan fingerprint density at radius 2 is 1.81 bits per heavy atom. The molecule has 0 spiro atoms. The van der Waals surface area contributed by atoms with Crippen molar-refractivity contribution in [2.75, 3.05) is 0 Å². The standard InChI is InChI=1S/C21H20N4OS/c1-12-5-7-17(8-6-12)25-13(2)9-16(15(25)4)10-18-19(22)24-11-14(3)27-21(24)23-20(18)26/h5-11,22H,1-4H3/b18-10-,22-19?. The third kappa shape index (κ3) is 2.96. The van der Waals surface area contributed by atoms with E-state index in [9.17, 15) is 4.79 Å². The molecule has 0 fully saturated rings. The number of aliphatic imine (C=N–C) groups is 1. The molecule has 1 amide bonds. The minimum Gasteiger partial charge on any atom is -0.318 e. The Morgan fingerprint density at radius 3 is 2.52 bits per heavy atom. The molecule has 4 rings (SSSR count). The Balaban J connectivity index is 1.77. The normalized spacial score (nSPS) is 18.1. The minimum absolute atomic E-state index is 0.175. The highest BCUT2D eigenvalue weighted by atomic mass is 32.2. The van der Waals surface area contributed by atoms with E-state index >= 15 is 0 Å². The van der Waals surface area contributed by atoms with Crippen LogP contribution in [0.3, 0.4) is 0 Å². The number of aryl methyl sites for hydroxylation is 2. The molecular weight excluding hydrogens is 356 g/mol. The van der Waals surface area contributed by atoms with Gasteiger partial charge in [0.25, 0.3) is 5.91 Å². The summed E-state index contributed by atoms with van der Waals surface area (Å²) >= 11 is 1.42.